The van der Waals surface area contributed by atoms with E-state index < -0.39 is 5.91 Å². The number of carbonyl (C=O) groups excluding carboxylic acids is 1. The highest BCUT2D eigenvalue weighted by molar-refractivity contribution is 6.06. The summed E-state index contributed by atoms with van der Waals surface area (Å²) in [6.07, 6.45) is 8.66. The average Bonchev–Trinajstić information content (AvgIpc) is 2.79. The lowest BCUT2D eigenvalue weighted by molar-refractivity contribution is -0.112. The lowest BCUT2D eigenvalue weighted by atomic mass is 10.1. The molecule has 0 aromatic heterocycles. The van der Waals surface area contributed by atoms with Crippen LogP contribution >= 0.6 is 0 Å². The molecule has 1 aromatic carbocycles. The lowest BCUT2D eigenvalue weighted by Gasteiger charge is -2.14. The van der Waals surface area contributed by atoms with E-state index in [1.807, 2.05) is 6.07 Å². The van der Waals surface area contributed by atoms with Gasteiger partial charge in [0.15, 0.2) is 0 Å². The molecule has 2 rings (SSSR count). The normalized spacial score (nSPS) is 16.4. The van der Waals surface area contributed by atoms with Crippen LogP contribution in [0.1, 0.15) is 38.5 Å². The SMILES string of the molecule is N#C/C(=C/NC1CCCCCC1)C(=O)Nc1ccc(N)cc1. The van der Waals surface area contributed by atoms with Crippen LogP contribution in [0.15, 0.2) is 36.0 Å². The second kappa shape index (κ2) is 8.08. The van der Waals surface area contributed by atoms with Gasteiger partial charge in [-0.3, -0.25) is 4.79 Å². The number of nitriles is 1. The van der Waals surface area contributed by atoms with E-state index in [-0.39, 0.29) is 5.57 Å². The number of benzene rings is 1. The van der Waals surface area contributed by atoms with Crippen LogP contribution in [0.2, 0.25) is 0 Å². The molecule has 0 spiro atoms. The summed E-state index contributed by atoms with van der Waals surface area (Å²) in [6, 6.07) is 9.13. The highest BCUT2D eigenvalue weighted by Gasteiger charge is 2.13. The molecule has 0 bridgehead atoms. The largest absolute Gasteiger partial charge is 0.399 e. The van der Waals surface area contributed by atoms with Gasteiger partial charge >= 0.3 is 0 Å². The third kappa shape index (κ3) is 4.81. The summed E-state index contributed by atoms with van der Waals surface area (Å²) < 4.78 is 0. The predicted molar refractivity (Wildman–Crippen MR) is 87.8 cm³/mol. The first-order valence-electron chi connectivity index (χ1n) is 7.72. The standard InChI is InChI=1S/C17H22N4O/c18-11-13(12-20-15-5-3-1-2-4-6-15)17(22)21-16-9-7-14(19)8-10-16/h7-10,12,15,20H,1-6,19H2,(H,21,22)/b13-12-. The summed E-state index contributed by atoms with van der Waals surface area (Å²) >= 11 is 0. The number of amides is 1. The van der Waals surface area contributed by atoms with E-state index in [2.05, 4.69) is 10.6 Å². The number of nitrogen functional groups attached to an aromatic ring is 1. The molecule has 1 amide bonds. The molecule has 0 saturated heterocycles. The molecule has 0 unspecified atom stereocenters. The summed E-state index contributed by atoms with van der Waals surface area (Å²) in [5, 5.41) is 15.1. The number of carbonyl (C=O) groups is 1. The van der Waals surface area contributed by atoms with Gasteiger partial charge in [-0.05, 0) is 37.1 Å². The minimum atomic E-state index is -0.409. The van der Waals surface area contributed by atoms with Crippen LogP contribution in [-0.4, -0.2) is 11.9 Å². The summed E-state index contributed by atoms with van der Waals surface area (Å²) in [7, 11) is 0. The molecule has 4 N–H and O–H groups in total. The highest BCUT2D eigenvalue weighted by Crippen LogP contribution is 2.17. The molecule has 116 valence electrons. The fourth-order valence-electron chi connectivity index (χ4n) is 2.56. The van der Waals surface area contributed by atoms with Crippen molar-refractivity contribution in [2.45, 2.75) is 44.6 Å². The molecule has 22 heavy (non-hydrogen) atoms. The Morgan fingerprint density at radius 1 is 1.18 bits per heavy atom. The molecule has 0 aliphatic heterocycles. The molecule has 5 heteroatoms. The van der Waals surface area contributed by atoms with Crippen LogP contribution in [0.4, 0.5) is 11.4 Å². The number of nitrogens with two attached hydrogens (primary N) is 1. The Kier molecular flexibility index (Phi) is 5.84. The summed E-state index contributed by atoms with van der Waals surface area (Å²) in [5.41, 5.74) is 6.93. The van der Waals surface area contributed by atoms with Crippen molar-refractivity contribution in [2.24, 2.45) is 0 Å². The second-order valence-corrected chi connectivity index (χ2v) is 5.60. The van der Waals surface area contributed by atoms with Crippen molar-refractivity contribution in [3.63, 3.8) is 0 Å². The van der Waals surface area contributed by atoms with E-state index in [9.17, 15) is 4.79 Å². The third-order valence-corrected chi connectivity index (χ3v) is 3.85. The van der Waals surface area contributed by atoms with Crippen molar-refractivity contribution in [3.05, 3.63) is 36.0 Å². The molecule has 1 aromatic rings. The van der Waals surface area contributed by atoms with Gasteiger partial charge in [-0.1, -0.05) is 25.7 Å². The summed E-state index contributed by atoms with van der Waals surface area (Å²) in [4.78, 5) is 12.1. The third-order valence-electron chi connectivity index (χ3n) is 3.85. The minimum absolute atomic E-state index is 0.0843. The zero-order chi connectivity index (χ0) is 15.8. The first kappa shape index (κ1) is 15.9. The Labute approximate surface area is 131 Å². The summed E-state index contributed by atoms with van der Waals surface area (Å²) in [5.74, 6) is -0.409. The van der Waals surface area contributed by atoms with Gasteiger partial charge in [0.2, 0.25) is 0 Å². The molecular weight excluding hydrogens is 276 g/mol. The van der Waals surface area contributed by atoms with Gasteiger partial charge in [0.25, 0.3) is 5.91 Å². The monoisotopic (exact) mass is 298 g/mol. The number of nitrogens with one attached hydrogen (secondary N) is 2. The van der Waals surface area contributed by atoms with Gasteiger partial charge in [-0.15, -0.1) is 0 Å². The first-order chi connectivity index (χ1) is 10.7. The molecule has 1 fully saturated rings. The summed E-state index contributed by atoms with van der Waals surface area (Å²) in [6.45, 7) is 0. The first-order valence-corrected chi connectivity index (χ1v) is 7.72. The second-order valence-electron chi connectivity index (χ2n) is 5.60. The van der Waals surface area contributed by atoms with Gasteiger partial charge < -0.3 is 16.4 Å². The smallest absolute Gasteiger partial charge is 0.267 e. The van der Waals surface area contributed by atoms with E-state index in [0.717, 1.165) is 12.8 Å². The van der Waals surface area contributed by atoms with Crippen LogP contribution in [0.3, 0.4) is 0 Å². The van der Waals surface area contributed by atoms with E-state index in [1.165, 1.54) is 25.7 Å². The Morgan fingerprint density at radius 2 is 1.82 bits per heavy atom. The lowest BCUT2D eigenvalue weighted by Crippen LogP contribution is -2.25. The number of anilines is 2. The van der Waals surface area contributed by atoms with E-state index in [4.69, 9.17) is 11.0 Å². The van der Waals surface area contributed by atoms with Gasteiger partial charge in [-0.25, -0.2) is 0 Å². The number of nitrogens with zero attached hydrogens (tertiary/aromatic N) is 1. The van der Waals surface area contributed by atoms with E-state index in [1.54, 1.807) is 30.5 Å². The average molecular weight is 298 g/mol. The van der Waals surface area contributed by atoms with Gasteiger partial charge in [0.1, 0.15) is 11.6 Å². The minimum Gasteiger partial charge on any atom is -0.399 e. The van der Waals surface area contributed by atoms with E-state index in [0.29, 0.717) is 17.4 Å². The number of rotatable bonds is 4. The molecule has 1 aliphatic carbocycles. The quantitative estimate of drug-likeness (QED) is 0.345. The van der Waals surface area contributed by atoms with Crippen molar-refractivity contribution >= 4 is 17.3 Å². The van der Waals surface area contributed by atoms with Crippen molar-refractivity contribution in [1.29, 1.82) is 5.26 Å². The van der Waals surface area contributed by atoms with Crippen molar-refractivity contribution < 1.29 is 4.79 Å². The molecular formula is C17H22N4O. The Morgan fingerprint density at radius 3 is 2.41 bits per heavy atom. The van der Waals surface area contributed by atoms with Gasteiger partial charge in [0, 0.05) is 23.6 Å². The van der Waals surface area contributed by atoms with Gasteiger partial charge in [-0.2, -0.15) is 5.26 Å². The maximum atomic E-state index is 12.1. The zero-order valence-electron chi connectivity index (χ0n) is 12.6. The predicted octanol–water partition coefficient (Wildman–Crippen LogP) is 2.93. The van der Waals surface area contributed by atoms with Crippen LogP contribution in [0.25, 0.3) is 0 Å². The zero-order valence-corrected chi connectivity index (χ0v) is 12.6. The molecule has 5 nitrogen and oxygen atoms in total. The molecule has 0 radical (unpaired) electrons. The topological polar surface area (TPSA) is 90.9 Å². The number of hydrogen-bond acceptors (Lipinski definition) is 4. The highest BCUT2D eigenvalue weighted by atomic mass is 16.1. The van der Waals surface area contributed by atoms with Crippen LogP contribution in [0.5, 0.6) is 0 Å². The Hall–Kier alpha value is -2.48. The molecule has 0 heterocycles. The van der Waals surface area contributed by atoms with Gasteiger partial charge in [0.05, 0.1) is 0 Å². The van der Waals surface area contributed by atoms with Crippen molar-refractivity contribution in [3.8, 4) is 6.07 Å². The fraction of sp³-hybridized carbons (Fsp3) is 0.412. The van der Waals surface area contributed by atoms with Crippen molar-refractivity contribution in [2.75, 3.05) is 11.1 Å². The maximum absolute atomic E-state index is 12.1. The Bertz CT molecular complexity index is 563. The fourth-order valence-corrected chi connectivity index (χ4v) is 2.56. The van der Waals surface area contributed by atoms with Crippen LogP contribution in [-0.2, 0) is 4.79 Å². The Balaban J connectivity index is 1.94. The molecule has 1 aliphatic rings. The molecule has 0 atom stereocenters. The van der Waals surface area contributed by atoms with Crippen LogP contribution in [0, 0.1) is 11.3 Å². The maximum Gasteiger partial charge on any atom is 0.267 e. The van der Waals surface area contributed by atoms with E-state index >= 15 is 0 Å². The molecule has 1 saturated carbocycles. The van der Waals surface area contributed by atoms with Crippen molar-refractivity contribution in [1.82, 2.24) is 5.32 Å². The van der Waals surface area contributed by atoms with Crippen LogP contribution < -0.4 is 16.4 Å². The number of hydrogen-bond donors (Lipinski definition) is 3.